The number of nitro groups is 1. The summed E-state index contributed by atoms with van der Waals surface area (Å²) in [6.07, 6.45) is 3.78. The number of anilines is 2. The van der Waals surface area contributed by atoms with Crippen LogP contribution in [0.3, 0.4) is 0 Å². The maximum absolute atomic E-state index is 13.1. The molecule has 2 N–H and O–H groups in total. The summed E-state index contributed by atoms with van der Waals surface area (Å²) in [6.45, 7) is 2.48. The van der Waals surface area contributed by atoms with Crippen molar-refractivity contribution in [3.63, 3.8) is 0 Å². The number of ether oxygens (including phenoxy) is 2. The molecule has 1 amide bonds. The van der Waals surface area contributed by atoms with E-state index in [-0.39, 0.29) is 17.3 Å². The quantitative estimate of drug-likeness (QED) is 0.194. The number of aryl methyl sites for hydroxylation is 1. The van der Waals surface area contributed by atoms with Crippen LogP contribution in [0.2, 0.25) is 0 Å². The number of amides is 1. The Balaban J connectivity index is 1.19. The average molecular weight is 555 g/mol. The number of methoxy groups -OCH3 is 1. The van der Waals surface area contributed by atoms with E-state index in [9.17, 15) is 14.9 Å². The van der Waals surface area contributed by atoms with Crippen molar-refractivity contribution < 1.29 is 19.2 Å². The number of benzene rings is 3. The Labute approximate surface area is 234 Å². The molecular formula is C30H26N4O5S. The summed E-state index contributed by atoms with van der Waals surface area (Å²) in [4.78, 5) is 28.5. The van der Waals surface area contributed by atoms with Crippen molar-refractivity contribution in [3.8, 4) is 11.5 Å². The number of nitrogens with zero attached hydrogens (tertiary/aromatic N) is 2. The lowest BCUT2D eigenvalue weighted by molar-refractivity contribution is -0.385. The Hall–Kier alpha value is -4.70. The lowest BCUT2D eigenvalue weighted by Gasteiger charge is -2.19. The monoisotopic (exact) mass is 554 g/mol. The minimum Gasteiger partial charge on any atom is -0.492 e. The molecule has 0 fully saturated rings. The molecule has 0 bridgehead atoms. The van der Waals surface area contributed by atoms with Gasteiger partial charge >= 0.3 is 5.69 Å². The van der Waals surface area contributed by atoms with Crippen LogP contribution in [0.5, 0.6) is 11.5 Å². The van der Waals surface area contributed by atoms with Gasteiger partial charge in [-0.1, -0.05) is 12.1 Å². The molecule has 1 aliphatic carbocycles. The first-order valence-corrected chi connectivity index (χ1v) is 13.7. The zero-order valence-electron chi connectivity index (χ0n) is 21.9. The molecule has 0 atom stereocenters. The third-order valence-corrected chi connectivity index (χ3v) is 8.05. The van der Waals surface area contributed by atoms with E-state index in [1.807, 2.05) is 49.4 Å². The minimum atomic E-state index is -0.463. The molecule has 0 spiro atoms. The summed E-state index contributed by atoms with van der Waals surface area (Å²) in [6, 6.07) is 16.7. The van der Waals surface area contributed by atoms with Crippen molar-refractivity contribution in [2.24, 2.45) is 0 Å². The van der Waals surface area contributed by atoms with Crippen LogP contribution in [-0.2, 0) is 11.2 Å². The van der Waals surface area contributed by atoms with Crippen molar-refractivity contribution in [1.82, 2.24) is 4.98 Å². The molecule has 10 heteroatoms. The molecule has 2 aliphatic rings. The highest BCUT2D eigenvalue weighted by atomic mass is 32.1. The van der Waals surface area contributed by atoms with Crippen LogP contribution in [0.4, 0.5) is 17.1 Å². The van der Waals surface area contributed by atoms with Crippen LogP contribution in [0.15, 0.2) is 71.9 Å². The number of carbonyl (C=O) groups is 1. The number of thiazole rings is 1. The maximum atomic E-state index is 13.1. The van der Waals surface area contributed by atoms with Gasteiger partial charge in [-0.3, -0.25) is 14.9 Å². The molecule has 1 aromatic heterocycles. The molecule has 4 aromatic rings. The second-order valence-corrected chi connectivity index (χ2v) is 10.8. The SMILES string of the molecule is COc1cc(C2=CC3=C(CC2)C(=O)Nc2cc(CCOc4cccc5nc(C)sc45)ccc2N3)ccc1[N+](=O)[O-]. The fourth-order valence-corrected chi connectivity index (χ4v) is 5.95. The number of allylic oxidation sites excluding steroid dienone is 2. The van der Waals surface area contributed by atoms with Gasteiger partial charge in [0.1, 0.15) is 5.75 Å². The summed E-state index contributed by atoms with van der Waals surface area (Å²) in [7, 11) is 1.42. The van der Waals surface area contributed by atoms with Crippen LogP contribution in [0, 0.1) is 17.0 Å². The fourth-order valence-electron chi connectivity index (χ4n) is 5.06. The standard InChI is InChI=1S/C30H26N4O5S/c1-17-31-23-4-3-5-27(29(23)40-17)39-13-12-18-6-10-22-25(14-18)33-30(35)21-9-7-19(15-24(21)32-22)20-8-11-26(34(36)37)28(16-20)38-2/h3-6,8,10-11,14-16,32H,7,9,12-13H2,1-2H3,(H,33,35). The number of aromatic nitrogens is 1. The number of rotatable bonds is 7. The van der Waals surface area contributed by atoms with Crippen molar-refractivity contribution >= 4 is 50.1 Å². The Kier molecular flexibility index (Phi) is 6.69. The fraction of sp³-hybridized carbons (Fsp3) is 0.200. The molecule has 0 saturated carbocycles. The van der Waals surface area contributed by atoms with Crippen LogP contribution in [0.1, 0.15) is 29.0 Å². The highest BCUT2D eigenvalue weighted by Crippen LogP contribution is 2.38. The topological polar surface area (TPSA) is 116 Å². The van der Waals surface area contributed by atoms with E-state index in [0.29, 0.717) is 37.1 Å². The summed E-state index contributed by atoms with van der Waals surface area (Å²) in [5.74, 6) is 0.895. The molecule has 6 rings (SSSR count). The molecule has 0 radical (unpaired) electrons. The van der Waals surface area contributed by atoms with Crippen LogP contribution < -0.4 is 20.1 Å². The first-order valence-electron chi connectivity index (χ1n) is 12.9. The van der Waals surface area contributed by atoms with Gasteiger partial charge in [0.05, 0.1) is 45.2 Å². The molecule has 202 valence electrons. The number of carbonyl (C=O) groups excluding carboxylic acids is 1. The normalized spacial score (nSPS) is 14.4. The van der Waals surface area contributed by atoms with Crippen LogP contribution in [0.25, 0.3) is 15.8 Å². The van der Waals surface area contributed by atoms with Crippen molar-refractivity contribution in [2.75, 3.05) is 24.4 Å². The molecule has 0 saturated heterocycles. The Bertz CT molecular complexity index is 1740. The van der Waals surface area contributed by atoms with E-state index in [1.54, 1.807) is 23.5 Å². The van der Waals surface area contributed by atoms with Gasteiger partial charge in [0.15, 0.2) is 5.75 Å². The predicted molar refractivity (Wildman–Crippen MR) is 156 cm³/mol. The van der Waals surface area contributed by atoms with Gasteiger partial charge < -0.3 is 20.1 Å². The number of nitrogens with one attached hydrogen (secondary N) is 2. The van der Waals surface area contributed by atoms with E-state index in [1.165, 1.54) is 13.2 Å². The van der Waals surface area contributed by atoms with Gasteiger partial charge in [0, 0.05) is 23.8 Å². The molecule has 2 heterocycles. The van der Waals surface area contributed by atoms with Gasteiger partial charge in [-0.05, 0) is 78.9 Å². The Morgan fingerprint density at radius 3 is 2.75 bits per heavy atom. The van der Waals surface area contributed by atoms with Gasteiger partial charge in [0.25, 0.3) is 5.91 Å². The number of nitro benzene ring substituents is 1. The number of hydrogen-bond donors (Lipinski definition) is 2. The minimum absolute atomic E-state index is 0.0830. The number of hydrogen-bond acceptors (Lipinski definition) is 8. The van der Waals surface area contributed by atoms with Crippen molar-refractivity contribution in [1.29, 1.82) is 0 Å². The van der Waals surface area contributed by atoms with E-state index in [2.05, 4.69) is 15.6 Å². The third kappa shape index (κ3) is 4.89. The summed E-state index contributed by atoms with van der Waals surface area (Å²) in [5, 5.41) is 18.8. The zero-order valence-corrected chi connectivity index (χ0v) is 22.8. The van der Waals surface area contributed by atoms with Crippen molar-refractivity contribution in [3.05, 3.63) is 98.2 Å². The lowest BCUT2D eigenvalue weighted by atomic mass is 9.90. The van der Waals surface area contributed by atoms with E-state index in [4.69, 9.17) is 9.47 Å². The second-order valence-electron chi connectivity index (χ2n) is 9.60. The summed E-state index contributed by atoms with van der Waals surface area (Å²) >= 11 is 1.62. The highest BCUT2D eigenvalue weighted by Gasteiger charge is 2.26. The zero-order chi connectivity index (χ0) is 27.8. The lowest BCUT2D eigenvalue weighted by Crippen LogP contribution is -2.17. The smallest absolute Gasteiger partial charge is 0.310 e. The maximum Gasteiger partial charge on any atom is 0.310 e. The van der Waals surface area contributed by atoms with Crippen LogP contribution >= 0.6 is 11.3 Å². The third-order valence-electron chi connectivity index (χ3n) is 7.04. The van der Waals surface area contributed by atoms with Gasteiger partial charge in [-0.2, -0.15) is 0 Å². The van der Waals surface area contributed by atoms with E-state index < -0.39 is 4.92 Å². The average Bonchev–Trinajstić information content (AvgIpc) is 3.28. The van der Waals surface area contributed by atoms with Crippen molar-refractivity contribution in [2.45, 2.75) is 26.2 Å². The van der Waals surface area contributed by atoms with Gasteiger partial charge in [-0.25, -0.2) is 4.98 Å². The molecule has 3 aromatic carbocycles. The first-order chi connectivity index (χ1) is 19.4. The molecular weight excluding hydrogens is 528 g/mol. The molecule has 0 unspecified atom stereocenters. The highest BCUT2D eigenvalue weighted by molar-refractivity contribution is 7.18. The largest absolute Gasteiger partial charge is 0.492 e. The molecule has 40 heavy (non-hydrogen) atoms. The summed E-state index contributed by atoms with van der Waals surface area (Å²) < 4.78 is 12.4. The summed E-state index contributed by atoms with van der Waals surface area (Å²) in [5.41, 5.74) is 6.60. The predicted octanol–water partition coefficient (Wildman–Crippen LogP) is 6.64. The van der Waals surface area contributed by atoms with Gasteiger partial charge in [-0.15, -0.1) is 11.3 Å². The second kappa shape index (κ2) is 10.5. The molecule has 1 aliphatic heterocycles. The van der Waals surface area contributed by atoms with E-state index >= 15 is 0 Å². The Morgan fingerprint density at radius 2 is 1.93 bits per heavy atom. The molecule has 9 nitrogen and oxygen atoms in total. The van der Waals surface area contributed by atoms with E-state index in [0.717, 1.165) is 49.1 Å². The number of fused-ring (bicyclic) bond motifs is 2. The Morgan fingerprint density at radius 1 is 1.05 bits per heavy atom. The van der Waals surface area contributed by atoms with Gasteiger partial charge in [0.2, 0.25) is 0 Å². The first kappa shape index (κ1) is 25.6. The van der Waals surface area contributed by atoms with Crippen LogP contribution in [-0.4, -0.2) is 29.5 Å².